The van der Waals surface area contributed by atoms with Crippen molar-refractivity contribution in [3.63, 3.8) is 0 Å². The lowest BCUT2D eigenvalue weighted by Gasteiger charge is -2.20. The van der Waals surface area contributed by atoms with Gasteiger partial charge in [0.05, 0.1) is 12.7 Å². The molecule has 0 bridgehead atoms. The molecule has 0 saturated heterocycles. The maximum Gasteiger partial charge on any atom is 0.113 e. The van der Waals surface area contributed by atoms with E-state index in [0.717, 1.165) is 45.6 Å². The second kappa shape index (κ2) is 9.31. The third-order valence-electron chi connectivity index (χ3n) is 3.31. The number of aromatic nitrogens is 4. The van der Waals surface area contributed by atoms with Crippen molar-refractivity contribution in [1.82, 2.24) is 24.4 Å². The molecule has 0 aliphatic carbocycles. The first kappa shape index (κ1) is 15.7. The lowest BCUT2D eigenvalue weighted by atomic mass is 10.3. The zero-order valence-corrected chi connectivity index (χ0v) is 12.7. The first-order chi connectivity index (χ1) is 10.4. The van der Waals surface area contributed by atoms with E-state index in [2.05, 4.69) is 31.3 Å². The molecular weight excluding hydrogens is 266 g/mol. The van der Waals surface area contributed by atoms with Gasteiger partial charge in [-0.3, -0.25) is 0 Å². The Bertz CT molecular complexity index is 420. The Morgan fingerprint density at radius 1 is 1.05 bits per heavy atom. The Labute approximate surface area is 126 Å². The molecule has 6 heteroatoms. The summed E-state index contributed by atoms with van der Waals surface area (Å²) in [5.74, 6) is 0. The Kier molecular flexibility index (Phi) is 6.97. The maximum absolute atomic E-state index is 5.46. The third kappa shape index (κ3) is 5.32. The SMILES string of the molecule is CCCOCCCNCCC(n1ccnc1)n1ccnc1. The molecule has 2 heterocycles. The quantitative estimate of drug-likeness (QED) is 0.643. The maximum atomic E-state index is 5.46. The molecule has 1 N–H and O–H groups in total. The first-order valence-corrected chi connectivity index (χ1v) is 7.65. The summed E-state index contributed by atoms with van der Waals surface area (Å²) in [7, 11) is 0. The van der Waals surface area contributed by atoms with Crippen LogP contribution >= 0.6 is 0 Å². The summed E-state index contributed by atoms with van der Waals surface area (Å²) < 4.78 is 9.67. The van der Waals surface area contributed by atoms with Gasteiger partial charge in [-0.25, -0.2) is 9.97 Å². The van der Waals surface area contributed by atoms with E-state index < -0.39 is 0 Å². The van der Waals surface area contributed by atoms with Crippen LogP contribution in [0.4, 0.5) is 0 Å². The van der Waals surface area contributed by atoms with Crippen LogP contribution in [0.5, 0.6) is 0 Å². The third-order valence-corrected chi connectivity index (χ3v) is 3.31. The van der Waals surface area contributed by atoms with E-state index >= 15 is 0 Å². The smallest absolute Gasteiger partial charge is 0.113 e. The van der Waals surface area contributed by atoms with Crippen LogP contribution in [0.2, 0.25) is 0 Å². The van der Waals surface area contributed by atoms with E-state index in [9.17, 15) is 0 Å². The van der Waals surface area contributed by atoms with Gasteiger partial charge in [0.2, 0.25) is 0 Å². The molecule has 0 spiro atoms. The molecule has 0 amide bonds. The predicted octanol–water partition coefficient (Wildman–Crippen LogP) is 1.92. The Morgan fingerprint density at radius 2 is 1.76 bits per heavy atom. The Hall–Kier alpha value is -1.66. The van der Waals surface area contributed by atoms with Gasteiger partial charge in [-0.2, -0.15) is 0 Å². The van der Waals surface area contributed by atoms with Crippen molar-refractivity contribution >= 4 is 0 Å². The van der Waals surface area contributed by atoms with Gasteiger partial charge in [-0.05, 0) is 32.4 Å². The van der Waals surface area contributed by atoms with Crippen LogP contribution in [0.15, 0.2) is 37.4 Å². The topological polar surface area (TPSA) is 56.9 Å². The second-order valence-electron chi connectivity index (χ2n) is 5.01. The minimum Gasteiger partial charge on any atom is -0.381 e. The molecule has 0 aromatic carbocycles. The molecule has 116 valence electrons. The van der Waals surface area contributed by atoms with Crippen LogP contribution in [0.25, 0.3) is 0 Å². The van der Waals surface area contributed by atoms with Crippen molar-refractivity contribution in [2.45, 2.75) is 32.4 Å². The van der Waals surface area contributed by atoms with Crippen LogP contribution in [-0.4, -0.2) is 45.4 Å². The van der Waals surface area contributed by atoms with Gasteiger partial charge in [0.15, 0.2) is 0 Å². The average Bonchev–Trinajstić information content (AvgIpc) is 3.19. The molecular formula is C15H25N5O. The monoisotopic (exact) mass is 291 g/mol. The number of rotatable bonds is 11. The molecule has 0 fully saturated rings. The number of ether oxygens (including phenoxy) is 1. The number of hydrogen-bond acceptors (Lipinski definition) is 4. The minimum absolute atomic E-state index is 0.221. The van der Waals surface area contributed by atoms with Gasteiger partial charge in [0, 0.05) is 38.0 Å². The van der Waals surface area contributed by atoms with E-state index in [1.807, 2.05) is 37.4 Å². The fourth-order valence-electron chi connectivity index (χ4n) is 2.25. The summed E-state index contributed by atoms with van der Waals surface area (Å²) in [4.78, 5) is 8.26. The summed E-state index contributed by atoms with van der Waals surface area (Å²) in [6.07, 6.45) is 14.6. The molecule has 0 radical (unpaired) electrons. The zero-order chi connectivity index (χ0) is 14.8. The largest absolute Gasteiger partial charge is 0.381 e. The van der Waals surface area contributed by atoms with E-state index in [4.69, 9.17) is 4.74 Å². The Morgan fingerprint density at radius 3 is 2.33 bits per heavy atom. The van der Waals surface area contributed by atoms with Crippen LogP contribution < -0.4 is 5.32 Å². The van der Waals surface area contributed by atoms with E-state index in [1.54, 1.807) is 0 Å². The van der Waals surface area contributed by atoms with Crippen molar-refractivity contribution < 1.29 is 4.74 Å². The van der Waals surface area contributed by atoms with Gasteiger partial charge < -0.3 is 19.2 Å². The molecule has 21 heavy (non-hydrogen) atoms. The molecule has 2 aromatic rings. The summed E-state index contributed by atoms with van der Waals surface area (Å²) in [6.45, 7) is 5.78. The van der Waals surface area contributed by atoms with Gasteiger partial charge in [-0.1, -0.05) is 6.92 Å². The molecule has 0 atom stereocenters. The lowest BCUT2D eigenvalue weighted by molar-refractivity contribution is 0.132. The molecule has 2 rings (SSSR count). The first-order valence-electron chi connectivity index (χ1n) is 7.65. The van der Waals surface area contributed by atoms with Crippen molar-refractivity contribution in [3.8, 4) is 0 Å². The molecule has 0 saturated carbocycles. The number of hydrogen-bond donors (Lipinski definition) is 1. The van der Waals surface area contributed by atoms with Crippen molar-refractivity contribution in [1.29, 1.82) is 0 Å². The van der Waals surface area contributed by atoms with E-state index in [1.165, 1.54) is 0 Å². The fraction of sp³-hybridized carbons (Fsp3) is 0.600. The molecule has 6 nitrogen and oxygen atoms in total. The van der Waals surface area contributed by atoms with Gasteiger partial charge in [-0.15, -0.1) is 0 Å². The summed E-state index contributed by atoms with van der Waals surface area (Å²) in [6, 6.07) is 0. The molecule has 0 aliphatic rings. The van der Waals surface area contributed by atoms with Crippen LogP contribution in [-0.2, 0) is 4.74 Å². The highest BCUT2D eigenvalue weighted by molar-refractivity contribution is 4.86. The van der Waals surface area contributed by atoms with Crippen LogP contribution in [0, 0.1) is 0 Å². The van der Waals surface area contributed by atoms with E-state index in [0.29, 0.717) is 0 Å². The highest BCUT2D eigenvalue weighted by Gasteiger charge is 2.11. The summed E-state index contributed by atoms with van der Waals surface area (Å²) in [5, 5.41) is 3.47. The van der Waals surface area contributed by atoms with Crippen LogP contribution in [0.3, 0.4) is 0 Å². The van der Waals surface area contributed by atoms with Crippen LogP contribution in [0.1, 0.15) is 32.4 Å². The highest BCUT2D eigenvalue weighted by atomic mass is 16.5. The fourth-order valence-corrected chi connectivity index (χ4v) is 2.25. The lowest BCUT2D eigenvalue weighted by Crippen LogP contribution is -2.24. The number of nitrogens with zero attached hydrogens (tertiary/aromatic N) is 4. The number of nitrogens with one attached hydrogen (secondary N) is 1. The summed E-state index contributed by atoms with van der Waals surface area (Å²) in [5.41, 5.74) is 0. The molecule has 0 aliphatic heterocycles. The normalized spacial score (nSPS) is 11.3. The van der Waals surface area contributed by atoms with Crippen molar-refractivity contribution in [2.75, 3.05) is 26.3 Å². The second-order valence-corrected chi connectivity index (χ2v) is 5.01. The predicted molar refractivity (Wildman–Crippen MR) is 82.1 cm³/mol. The molecule has 2 aromatic heterocycles. The minimum atomic E-state index is 0.221. The van der Waals surface area contributed by atoms with Crippen molar-refractivity contribution in [3.05, 3.63) is 37.4 Å². The molecule has 0 unspecified atom stereocenters. The standard InChI is InChI=1S/C15H25N5O/c1-2-11-21-12-3-5-16-6-4-15(19-9-7-17-13-19)20-10-8-18-14-20/h7-10,13-16H,2-6,11-12H2,1H3. The average molecular weight is 291 g/mol. The number of imidazole rings is 2. The summed E-state index contributed by atoms with van der Waals surface area (Å²) >= 11 is 0. The highest BCUT2D eigenvalue weighted by Crippen LogP contribution is 2.13. The van der Waals surface area contributed by atoms with Gasteiger partial charge in [0.25, 0.3) is 0 Å². The van der Waals surface area contributed by atoms with Gasteiger partial charge >= 0.3 is 0 Å². The zero-order valence-electron chi connectivity index (χ0n) is 12.7. The Balaban J connectivity index is 1.69. The van der Waals surface area contributed by atoms with Gasteiger partial charge in [0.1, 0.15) is 6.17 Å². The van der Waals surface area contributed by atoms with E-state index in [-0.39, 0.29) is 6.17 Å². The van der Waals surface area contributed by atoms with Crippen molar-refractivity contribution in [2.24, 2.45) is 0 Å².